The second-order valence-corrected chi connectivity index (χ2v) is 1.76. The Bertz CT molecular complexity index is 303. The summed E-state index contributed by atoms with van der Waals surface area (Å²) in [5.41, 5.74) is -1.13. The Morgan fingerprint density at radius 3 is 2.45 bits per heavy atom. The van der Waals surface area contributed by atoms with E-state index in [1.807, 2.05) is 0 Å². The molecule has 0 unspecified atom stereocenters. The summed E-state index contributed by atoms with van der Waals surface area (Å²) in [5.74, 6) is 0. The molecule has 0 saturated heterocycles. The molecule has 0 N–H and O–H groups in total. The molecule has 0 aliphatic carbocycles. The maximum atomic E-state index is 11.8. The summed E-state index contributed by atoms with van der Waals surface area (Å²) in [5, 5.41) is 0. The van der Waals surface area contributed by atoms with Gasteiger partial charge in [-0.2, -0.15) is 0 Å². The predicted octanol–water partition coefficient (Wildman–Crippen LogP) is 0.720. The SMILES string of the molecule is O=c1ccncn1C(F)(F)F. The number of alkyl halides is 3. The van der Waals surface area contributed by atoms with Gasteiger partial charge in [0.05, 0.1) is 0 Å². The van der Waals surface area contributed by atoms with Crippen LogP contribution in [0.1, 0.15) is 0 Å². The minimum atomic E-state index is -4.68. The fraction of sp³-hybridized carbons (Fsp3) is 0.200. The maximum absolute atomic E-state index is 11.8. The molecule has 1 rings (SSSR count). The zero-order valence-electron chi connectivity index (χ0n) is 5.17. The Labute approximate surface area is 59.1 Å². The number of halogens is 3. The molecule has 0 amide bonds. The number of nitrogens with zero attached hydrogens (tertiary/aromatic N) is 2. The quantitative estimate of drug-likeness (QED) is 0.566. The third-order valence-electron chi connectivity index (χ3n) is 0.996. The van der Waals surface area contributed by atoms with Crippen LogP contribution in [0, 0.1) is 0 Å². The van der Waals surface area contributed by atoms with Gasteiger partial charge in [0.25, 0.3) is 5.56 Å². The summed E-state index contributed by atoms with van der Waals surface area (Å²) in [7, 11) is 0. The lowest BCUT2D eigenvalue weighted by molar-refractivity contribution is -0.206. The summed E-state index contributed by atoms with van der Waals surface area (Å²) in [6.45, 7) is 0. The summed E-state index contributed by atoms with van der Waals surface area (Å²) >= 11 is 0. The summed E-state index contributed by atoms with van der Waals surface area (Å²) in [6.07, 6.45) is -3.24. The number of aromatic nitrogens is 2. The van der Waals surface area contributed by atoms with Crippen molar-refractivity contribution in [2.75, 3.05) is 0 Å². The molecule has 0 saturated carbocycles. The van der Waals surface area contributed by atoms with Crippen molar-refractivity contribution >= 4 is 0 Å². The van der Waals surface area contributed by atoms with Crippen LogP contribution < -0.4 is 5.56 Å². The molecule has 0 fully saturated rings. The normalized spacial score (nSPS) is 11.5. The van der Waals surface area contributed by atoms with E-state index in [-0.39, 0.29) is 0 Å². The van der Waals surface area contributed by atoms with Crippen LogP contribution in [0.2, 0.25) is 0 Å². The van der Waals surface area contributed by atoms with Gasteiger partial charge in [-0.3, -0.25) is 4.79 Å². The van der Waals surface area contributed by atoms with Gasteiger partial charge < -0.3 is 0 Å². The van der Waals surface area contributed by atoms with E-state index in [2.05, 4.69) is 4.98 Å². The van der Waals surface area contributed by atoms with E-state index in [9.17, 15) is 18.0 Å². The van der Waals surface area contributed by atoms with Gasteiger partial charge in [0, 0.05) is 12.3 Å². The van der Waals surface area contributed by atoms with Gasteiger partial charge >= 0.3 is 6.30 Å². The molecule has 0 radical (unpaired) electrons. The van der Waals surface area contributed by atoms with Crippen molar-refractivity contribution in [3.05, 3.63) is 28.9 Å². The van der Waals surface area contributed by atoms with Crippen LogP contribution in [0.5, 0.6) is 0 Å². The van der Waals surface area contributed by atoms with E-state index < -0.39 is 16.4 Å². The first-order valence-electron chi connectivity index (χ1n) is 2.61. The largest absolute Gasteiger partial charge is 0.492 e. The third kappa shape index (κ3) is 1.57. The Kier molecular flexibility index (Phi) is 1.67. The second kappa shape index (κ2) is 2.37. The molecule has 11 heavy (non-hydrogen) atoms. The second-order valence-electron chi connectivity index (χ2n) is 1.76. The van der Waals surface area contributed by atoms with E-state index >= 15 is 0 Å². The fourth-order valence-corrected chi connectivity index (χ4v) is 0.540. The highest BCUT2D eigenvalue weighted by molar-refractivity contribution is 4.82. The Morgan fingerprint density at radius 2 is 2.09 bits per heavy atom. The van der Waals surface area contributed by atoms with Gasteiger partial charge in [-0.05, 0) is 0 Å². The molecule has 60 valence electrons. The Morgan fingerprint density at radius 1 is 1.45 bits per heavy atom. The van der Waals surface area contributed by atoms with Crippen LogP contribution >= 0.6 is 0 Å². The minimum absolute atomic E-state index is 0.396. The van der Waals surface area contributed by atoms with E-state index in [0.29, 0.717) is 6.33 Å². The first-order chi connectivity index (χ1) is 5.02. The molecule has 6 heteroatoms. The Hall–Kier alpha value is -1.33. The molecule has 0 atom stereocenters. The van der Waals surface area contributed by atoms with Crippen molar-refractivity contribution < 1.29 is 13.2 Å². The lowest BCUT2D eigenvalue weighted by atomic mass is 10.6. The van der Waals surface area contributed by atoms with Crippen LogP contribution in [0.3, 0.4) is 0 Å². The van der Waals surface area contributed by atoms with Crippen molar-refractivity contribution in [1.82, 2.24) is 9.55 Å². The topological polar surface area (TPSA) is 34.9 Å². The van der Waals surface area contributed by atoms with Crippen molar-refractivity contribution in [3.63, 3.8) is 0 Å². The van der Waals surface area contributed by atoms with Gasteiger partial charge in [-0.25, -0.2) is 9.55 Å². The number of hydrogen-bond acceptors (Lipinski definition) is 2. The molecular weight excluding hydrogens is 161 g/mol. The molecule has 0 aliphatic rings. The average molecular weight is 164 g/mol. The standard InChI is InChI=1S/C5H3F3N2O/c6-5(7,8)10-3-9-2-1-4(10)11/h1-3H. The Balaban J connectivity index is 3.26. The van der Waals surface area contributed by atoms with Crippen molar-refractivity contribution in [2.45, 2.75) is 6.30 Å². The highest BCUT2D eigenvalue weighted by atomic mass is 19.4. The maximum Gasteiger partial charge on any atom is 0.492 e. The first-order valence-corrected chi connectivity index (χ1v) is 2.61. The zero-order chi connectivity index (χ0) is 8.48. The van der Waals surface area contributed by atoms with E-state index in [1.54, 1.807) is 0 Å². The smallest absolute Gasteiger partial charge is 0.269 e. The summed E-state index contributed by atoms with van der Waals surface area (Å²) in [6, 6.07) is 0.744. The summed E-state index contributed by atoms with van der Waals surface area (Å²) < 4.78 is 34.9. The van der Waals surface area contributed by atoms with Crippen LogP contribution in [-0.4, -0.2) is 9.55 Å². The highest BCUT2D eigenvalue weighted by Gasteiger charge is 2.31. The van der Waals surface area contributed by atoms with Gasteiger partial charge in [0.2, 0.25) is 0 Å². The average Bonchev–Trinajstić information content (AvgIpc) is 1.86. The van der Waals surface area contributed by atoms with Crippen molar-refractivity contribution in [2.24, 2.45) is 0 Å². The molecule has 1 heterocycles. The van der Waals surface area contributed by atoms with Crippen LogP contribution in [0.4, 0.5) is 13.2 Å². The van der Waals surface area contributed by atoms with Crippen molar-refractivity contribution in [3.8, 4) is 0 Å². The molecule has 1 aromatic heterocycles. The predicted molar refractivity (Wildman–Crippen MR) is 29.8 cm³/mol. The van der Waals surface area contributed by atoms with Crippen LogP contribution in [-0.2, 0) is 6.30 Å². The van der Waals surface area contributed by atoms with E-state index in [4.69, 9.17) is 0 Å². The van der Waals surface area contributed by atoms with Gasteiger partial charge in [-0.15, -0.1) is 13.2 Å². The van der Waals surface area contributed by atoms with Gasteiger partial charge in [0.1, 0.15) is 6.33 Å². The monoisotopic (exact) mass is 164 g/mol. The molecule has 1 aromatic rings. The fourth-order valence-electron chi connectivity index (χ4n) is 0.540. The van der Waals surface area contributed by atoms with Crippen molar-refractivity contribution in [1.29, 1.82) is 0 Å². The molecule has 0 spiro atoms. The molecule has 3 nitrogen and oxygen atoms in total. The molecular formula is C5H3F3N2O. The molecule has 0 aliphatic heterocycles. The first kappa shape index (κ1) is 7.77. The molecule has 0 aromatic carbocycles. The van der Waals surface area contributed by atoms with Crippen LogP contribution in [0.15, 0.2) is 23.4 Å². The number of hydrogen-bond donors (Lipinski definition) is 0. The van der Waals surface area contributed by atoms with E-state index in [1.165, 1.54) is 0 Å². The van der Waals surface area contributed by atoms with E-state index in [0.717, 1.165) is 12.3 Å². The third-order valence-corrected chi connectivity index (χ3v) is 0.996. The lowest BCUT2D eigenvalue weighted by Crippen LogP contribution is -2.29. The highest BCUT2D eigenvalue weighted by Crippen LogP contribution is 2.18. The summed E-state index contributed by atoms with van der Waals surface area (Å²) in [4.78, 5) is 13.6. The number of rotatable bonds is 0. The lowest BCUT2D eigenvalue weighted by Gasteiger charge is -2.06. The van der Waals surface area contributed by atoms with Gasteiger partial charge in [-0.1, -0.05) is 0 Å². The van der Waals surface area contributed by atoms with Crippen LogP contribution in [0.25, 0.3) is 0 Å². The van der Waals surface area contributed by atoms with Gasteiger partial charge in [0.15, 0.2) is 0 Å². The zero-order valence-corrected chi connectivity index (χ0v) is 5.17. The minimum Gasteiger partial charge on any atom is -0.269 e. The molecule has 0 bridgehead atoms.